The molecule has 0 radical (unpaired) electrons. The van der Waals surface area contributed by atoms with Crippen molar-refractivity contribution >= 4 is 37.3 Å². The number of hydrogen-bond donors (Lipinski definition) is 2. The third-order valence-electron chi connectivity index (χ3n) is 2.54. The van der Waals surface area contributed by atoms with Crippen LogP contribution in [0.25, 0.3) is 0 Å². The maximum atomic E-state index is 12.1. The van der Waals surface area contributed by atoms with E-state index in [-0.39, 0.29) is 6.54 Å². The zero-order valence-electron chi connectivity index (χ0n) is 9.97. The van der Waals surface area contributed by atoms with Crippen LogP contribution in [0.4, 0.5) is 0 Å². The van der Waals surface area contributed by atoms with Gasteiger partial charge in [-0.25, -0.2) is 13.1 Å². The van der Waals surface area contributed by atoms with Gasteiger partial charge in [-0.1, -0.05) is 34.1 Å². The van der Waals surface area contributed by atoms with Crippen molar-refractivity contribution in [3.05, 3.63) is 51.3 Å². The molecule has 0 aliphatic rings. The molecule has 0 aliphatic carbocycles. The third kappa shape index (κ3) is 3.64. The maximum Gasteiger partial charge on any atom is 0.250 e. The molecule has 1 heterocycles. The van der Waals surface area contributed by atoms with Crippen molar-refractivity contribution in [1.29, 1.82) is 0 Å². The molecule has 0 spiro atoms. The number of benzene rings is 1. The van der Waals surface area contributed by atoms with Gasteiger partial charge in [-0.05, 0) is 28.6 Å². The Morgan fingerprint density at radius 1 is 1.32 bits per heavy atom. The van der Waals surface area contributed by atoms with E-state index >= 15 is 0 Å². The molecule has 2 rings (SSSR count). The Balaban J connectivity index is 2.12. The lowest BCUT2D eigenvalue weighted by Crippen LogP contribution is -2.22. The molecule has 1 aromatic heterocycles. The van der Waals surface area contributed by atoms with Crippen LogP contribution in [0.5, 0.6) is 0 Å². The van der Waals surface area contributed by atoms with E-state index in [0.29, 0.717) is 10.8 Å². The average molecular weight is 361 g/mol. The monoisotopic (exact) mass is 360 g/mol. The highest BCUT2D eigenvalue weighted by molar-refractivity contribution is 9.10. The Morgan fingerprint density at radius 2 is 2.05 bits per heavy atom. The third-order valence-corrected chi connectivity index (χ3v) is 6.20. The SMILES string of the molecule is NCc1csc(S(=O)(=O)NCc2ccccc2Br)c1. The Morgan fingerprint density at radius 3 is 2.68 bits per heavy atom. The van der Waals surface area contributed by atoms with Crippen molar-refractivity contribution in [3.63, 3.8) is 0 Å². The molecule has 0 atom stereocenters. The van der Waals surface area contributed by atoms with Crippen LogP contribution in [0.1, 0.15) is 11.1 Å². The van der Waals surface area contributed by atoms with E-state index < -0.39 is 10.0 Å². The van der Waals surface area contributed by atoms with Gasteiger partial charge in [0.25, 0.3) is 0 Å². The summed E-state index contributed by atoms with van der Waals surface area (Å²) in [5.74, 6) is 0. The van der Waals surface area contributed by atoms with Crippen molar-refractivity contribution in [2.45, 2.75) is 17.3 Å². The second-order valence-electron chi connectivity index (χ2n) is 3.89. The van der Waals surface area contributed by atoms with Gasteiger partial charge in [0.1, 0.15) is 4.21 Å². The smallest absolute Gasteiger partial charge is 0.250 e. The highest BCUT2D eigenvalue weighted by Crippen LogP contribution is 2.21. The lowest BCUT2D eigenvalue weighted by atomic mass is 10.2. The predicted octanol–water partition coefficient (Wildman–Crippen LogP) is 2.45. The number of rotatable bonds is 5. The molecule has 0 unspecified atom stereocenters. The molecule has 7 heteroatoms. The summed E-state index contributed by atoms with van der Waals surface area (Å²) >= 11 is 4.57. The molecule has 0 saturated heterocycles. The average Bonchev–Trinajstić information content (AvgIpc) is 2.87. The number of nitrogens with one attached hydrogen (secondary N) is 1. The van der Waals surface area contributed by atoms with Gasteiger partial charge in [-0.3, -0.25) is 0 Å². The normalized spacial score (nSPS) is 11.7. The van der Waals surface area contributed by atoms with Crippen LogP contribution in [0.15, 0.2) is 44.4 Å². The van der Waals surface area contributed by atoms with E-state index in [2.05, 4.69) is 20.7 Å². The van der Waals surface area contributed by atoms with E-state index in [1.165, 1.54) is 11.3 Å². The van der Waals surface area contributed by atoms with Crippen LogP contribution in [0, 0.1) is 0 Å². The molecule has 1 aromatic carbocycles. The molecule has 0 aliphatic heterocycles. The molecule has 0 bridgehead atoms. The zero-order valence-corrected chi connectivity index (χ0v) is 13.2. The van der Waals surface area contributed by atoms with Crippen molar-refractivity contribution in [1.82, 2.24) is 4.72 Å². The topological polar surface area (TPSA) is 72.2 Å². The predicted molar refractivity (Wildman–Crippen MR) is 80.4 cm³/mol. The fourth-order valence-corrected chi connectivity index (χ4v) is 4.19. The summed E-state index contributed by atoms with van der Waals surface area (Å²) in [5.41, 5.74) is 7.19. The van der Waals surface area contributed by atoms with Gasteiger partial charge in [-0.15, -0.1) is 11.3 Å². The van der Waals surface area contributed by atoms with Gasteiger partial charge in [0.15, 0.2) is 0 Å². The van der Waals surface area contributed by atoms with E-state index in [0.717, 1.165) is 15.6 Å². The molecule has 4 nitrogen and oxygen atoms in total. The number of hydrogen-bond acceptors (Lipinski definition) is 4. The van der Waals surface area contributed by atoms with Gasteiger partial charge < -0.3 is 5.73 Å². The minimum absolute atomic E-state index is 0.250. The molecular weight excluding hydrogens is 348 g/mol. The summed E-state index contributed by atoms with van der Waals surface area (Å²) in [7, 11) is -3.47. The second kappa shape index (κ2) is 6.15. The lowest BCUT2D eigenvalue weighted by molar-refractivity contribution is 0.583. The van der Waals surface area contributed by atoms with Gasteiger partial charge in [0.2, 0.25) is 10.0 Å². The van der Waals surface area contributed by atoms with Crippen LogP contribution in [0.3, 0.4) is 0 Å². The molecular formula is C12H13BrN2O2S2. The first-order valence-electron chi connectivity index (χ1n) is 5.53. The van der Waals surface area contributed by atoms with E-state index in [1.54, 1.807) is 11.4 Å². The summed E-state index contributed by atoms with van der Waals surface area (Å²) in [6.07, 6.45) is 0. The van der Waals surface area contributed by atoms with Crippen molar-refractivity contribution in [2.24, 2.45) is 5.73 Å². The quantitative estimate of drug-likeness (QED) is 0.859. The second-order valence-corrected chi connectivity index (χ2v) is 7.65. The summed E-state index contributed by atoms with van der Waals surface area (Å²) < 4.78 is 27.9. The minimum atomic E-state index is -3.47. The number of thiophene rings is 1. The van der Waals surface area contributed by atoms with E-state index in [4.69, 9.17) is 5.73 Å². The van der Waals surface area contributed by atoms with Crippen LogP contribution in [-0.4, -0.2) is 8.42 Å². The van der Waals surface area contributed by atoms with Crippen LogP contribution >= 0.6 is 27.3 Å². The Hall–Kier alpha value is -0.730. The summed E-state index contributed by atoms with van der Waals surface area (Å²) in [6, 6.07) is 9.10. The Kier molecular flexibility index (Phi) is 4.75. The number of halogens is 1. The van der Waals surface area contributed by atoms with Crippen LogP contribution in [0.2, 0.25) is 0 Å². The first-order chi connectivity index (χ1) is 9.03. The Labute approximate surface area is 124 Å². The van der Waals surface area contributed by atoms with Gasteiger partial charge in [-0.2, -0.15) is 0 Å². The van der Waals surface area contributed by atoms with E-state index in [9.17, 15) is 8.42 Å². The van der Waals surface area contributed by atoms with Crippen LogP contribution < -0.4 is 10.5 Å². The van der Waals surface area contributed by atoms with Gasteiger partial charge >= 0.3 is 0 Å². The van der Waals surface area contributed by atoms with Crippen molar-refractivity contribution < 1.29 is 8.42 Å². The molecule has 3 N–H and O–H groups in total. The largest absolute Gasteiger partial charge is 0.326 e. The molecule has 2 aromatic rings. The van der Waals surface area contributed by atoms with Gasteiger partial charge in [0, 0.05) is 17.6 Å². The summed E-state index contributed by atoms with van der Waals surface area (Å²) in [6.45, 7) is 0.593. The molecule has 0 saturated carbocycles. The fraction of sp³-hybridized carbons (Fsp3) is 0.167. The summed E-state index contributed by atoms with van der Waals surface area (Å²) in [4.78, 5) is 0. The van der Waals surface area contributed by atoms with Crippen molar-refractivity contribution in [2.75, 3.05) is 0 Å². The fourth-order valence-electron chi connectivity index (χ4n) is 1.49. The number of nitrogens with two attached hydrogens (primary N) is 1. The molecule has 19 heavy (non-hydrogen) atoms. The lowest BCUT2D eigenvalue weighted by Gasteiger charge is -2.06. The first-order valence-corrected chi connectivity index (χ1v) is 8.69. The first kappa shape index (κ1) is 14.7. The highest BCUT2D eigenvalue weighted by atomic mass is 79.9. The van der Waals surface area contributed by atoms with E-state index in [1.807, 2.05) is 24.3 Å². The Bertz CT molecular complexity index is 668. The standard InChI is InChI=1S/C12H13BrN2O2S2/c13-11-4-2-1-3-10(11)7-15-19(16,17)12-5-9(6-14)8-18-12/h1-5,8,15H,6-7,14H2. The minimum Gasteiger partial charge on any atom is -0.326 e. The van der Waals surface area contributed by atoms with Crippen molar-refractivity contribution in [3.8, 4) is 0 Å². The van der Waals surface area contributed by atoms with Gasteiger partial charge in [0.05, 0.1) is 0 Å². The highest BCUT2D eigenvalue weighted by Gasteiger charge is 2.16. The van der Waals surface area contributed by atoms with Crippen LogP contribution in [-0.2, 0) is 23.1 Å². The molecule has 0 fully saturated rings. The zero-order chi connectivity index (χ0) is 13.9. The maximum absolute atomic E-state index is 12.1. The number of sulfonamides is 1. The molecule has 102 valence electrons. The summed E-state index contributed by atoms with van der Waals surface area (Å²) in [5, 5.41) is 1.76. The molecule has 0 amide bonds.